The number of aliphatic carboxylic acids is 1. The minimum absolute atomic E-state index is 0.0670. The summed E-state index contributed by atoms with van der Waals surface area (Å²) in [5.74, 6) is -0.676. The molecule has 1 rings (SSSR count). The first kappa shape index (κ1) is 14.9. The Morgan fingerprint density at radius 3 is 2.84 bits per heavy atom. The smallest absolute Gasteiger partial charge is 0.320 e. The molecule has 0 fully saturated rings. The molecule has 0 saturated carbocycles. The Bertz CT molecular complexity index is 506. The fourth-order valence-corrected chi connectivity index (χ4v) is 2.00. The molecule has 0 aromatic carbocycles. The van der Waals surface area contributed by atoms with Crippen LogP contribution in [-0.4, -0.2) is 28.9 Å². The van der Waals surface area contributed by atoms with Crippen LogP contribution in [-0.2, 0) is 11.2 Å². The third kappa shape index (κ3) is 4.94. The number of nitrogens with one attached hydrogen (secondary N) is 1. The highest BCUT2D eigenvalue weighted by Crippen LogP contribution is 2.27. The molecule has 1 heterocycles. The summed E-state index contributed by atoms with van der Waals surface area (Å²) in [6, 6.07) is 0.791. The Balaban J connectivity index is 2.80. The predicted molar refractivity (Wildman–Crippen MR) is 75.3 cm³/mol. The van der Waals surface area contributed by atoms with Crippen LogP contribution in [0, 0.1) is 0 Å². The van der Waals surface area contributed by atoms with Gasteiger partial charge in [-0.15, -0.1) is 11.3 Å². The van der Waals surface area contributed by atoms with Crippen LogP contribution in [0.25, 0.3) is 0 Å². The van der Waals surface area contributed by atoms with Crippen molar-refractivity contribution in [2.45, 2.75) is 19.4 Å². The second kappa shape index (κ2) is 6.71. The van der Waals surface area contributed by atoms with E-state index in [0.29, 0.717) is 10.8 Å². The van der Waals surface area contributed by atoms with Gasteiger partial charge in [-0.05, 0) is 23.9 Å². The molecule has 8 N–H and O–H groups in total. The Kier molecular flexibility index (Phi) is 5.27. The Morgan fingerprint density at radius 1 is 1.58 bits per heavy atom. The summed E-state index contributed by atoms with van der Waals surface area (Å²) >= 11 is 1.33. The number of rotatable bonds is 5. The maximum atomic E-state index is 10.7. The van der Waals surface area contributed by atoms with Crippen molar-refractivity contribution in [3.05, 3.63) is 17.0 Å². The van der Waals surface area contributed by atoms with Gasteiger partial charge in [0.05, 0.1) is 0 Å². The standard InChI is InChI=1S/C10H16N6O2S/c1-5(11)15-16-10(13)14-8-6(2-3-19-8)4-7(12)9(17)18/h2-3,7H,4,12H2,1H3,(H2,11,15)(H,17,18)(H3,13,14,16). The lowest BCUT2D eigenvalue weighted by atomic mass is 10.1. The predicted octanol–water partition coefficient (Wildman–Crippen LogP) is -0.470. The number of amidine groups is 1. The van der Waals surface area contributed by atoms with Crippen LogP contribution >= 0.6 is 11.3 Å². The zero-order valence-electron chi connectivity index (χ0n) is 10.3. The van der Waals surface area contributed by atoms with Crippen LogP contribution in [0.5, 0.6) is 0 Å². The minimum atomic E-state index is -1.06. The molecule has 0 spiro atoms. The van der Waals surface area contributed by atoms with Crippen molar-refractivity contribution in [3.8, 4) is 0 Å². The first-order chi connectivity index (χ1) is 8.90. The highest BCUT2D eigenvalue weighted by molar-refractivity contribution is 7.14. The van der Waals surface area contributed by atoms with Gasteiger partial charge in [-0.3, -0.25) is 4.79 Å². The molecule has 1 aromatic heterocycles. The number of hydrogen-bond acceptors (Lipinski definition) is 5. The first-order valence-corrected chi connectivity index (χ1v) is 6.22. The molecule has 0 radical (unpaired) electrons. The molecular weight excluding hydrogens is 268 g/mol. The molecule has 1 aromatic rings. The number of carboxylic acid groups (broad SMARTS) is 1. The van der Waals surface area contributed by atoms with E-state index in [1.165, 1.54) is 11.3 Å². The summed E-state index contributed by atoms with van der Waals surface area (Å²) in [5.41, 5.74) is 19.6. The maximum Gasteiger partial charge on any atom is 0.320 e. The van der Waals surface area contributed by atoms with Crippen LogP contribution in [0.3, 0.4) is 0 Å². The van der Waals surface area contributed by atoms with E-state index >= 15 is 0 Å². The number of aliphatic imine (C=N–C) groups is 1. The summed E-state index contributed by atoms with van der Waals surface area (Å²) in [7, 11) is 0. The number of hydrazone groups is 1. The van der Waals surface area contributed by atoms with E-state index in [1.54, 1.807) is 18.4 Å². The number of guanidine groups is 1. The van der Waals surface area contributed by atoms with Crippen molar-refractivity contribution < 1.29 is 9.90 Å². The van der Waals surface area contributed by atoms with Gasteiger partial charge in [-0.25, -0.2) is 10.4 Å². The summed E-state index contributed by atoms with van der Waals surface area (Å²) < 4.78 is 0. The van der Waals surface area contributed by atoms with Crippen LogP contribution in [0.1, 0.15) is 12.5 Å². The van der Waals surface area contributed by atoms with E-state index < -0.39 is 12.0 Å². The van der Waals surface area contributed by atoms with Gasteiger partial charge in [0.15, 0.2) is 0 Å². The van der Waals surface area contributed by atoms with E-state index in [4.69, 9.17) is 22.3 Å². The van der Waals surface area contributed by atoms with E-state index in [1.807, 2.05) is 0 Å². The lowest BCUT2D eigenvalue weighted by Crippen LogP contribution is -2.32. The fraction of sp³-hybridized carbons (Fsp3) is 0.300. The Labute approximate surface area is 114 Å². The molecule has 0 amide bonds. The molecule has 8 nitrogen and oxygen atoms in total. The summed E-state index contributed by atoms with van der Waals surface area (Å²) in [6.07, 6.45) is 0.185. The monoisotopic (exact) mass is 284 g/mol. The quantitative estimate of drug-likeness (QED) is 0.280. The number of hydrogen-bond donors (Lipinski definition) is 5. The Hall–Kier alpha value is -2.13. The lowest BCUT2D eigenvalue weighted by molar-refractivity contribution is -0.138. The molecule has 19 heavy (non-hydrogen) atoms. The summed E-state index contributed by atoms with van der Waals surface area (Å²) in [4.78, 5) is 14.8. The molecule has 1 atom stereocenters. The molecule has 104 valence electrons. The second-order valence-electron chi connectivity index (χ2n) is 3.76. The summed E-state index contributed by atoms with van der Waals surface area (Å²) in [5, 5.41) is 14.8. The van der Waals surface area contributed by atoms with Crippen LogP contribution in [0.15, 0.2) is 21.5 Å². The highest BCUT2D eigenvalue weighted by atomic mass is 32.1. The van der Waals surface area contributed by atoms with Gasteiger partial charge in [0.25, 0.3) is 0 Å². The average molecular weight is 284 g/mol. The van der Waals surface area contributed by atoms with Crippen molar-refractivity contribution in [1.82, 2.24) is 5.43 Å². The number of nitrogens with two attached hydrogens (primary N) is 3. The zero-order chi connectivity index (χ0) is 14.4. The van der Waals surface area contributed by atoms with Crippen molar-refractivity contribution >= 4 is 34.1 Å². The van der Waals surface area contributed by atoms with Gasteiger partial charge >= 0.3 is 5.97 Å². The van der Waals surface area contributed by atoms with Crippen molar-refractivity contribution in [1.29, 1.82) is 0 Å². The van der Waals surface area contributed by atoms with Gasteiger partial charge in [-0.1, -0.05) is 0 Å². The number of thiophene rings is 1. The minimum Gasteiger partial charge on any atom is -0.480 e. The highest BCUT2D eigenvalue weighted by Gasteiger charge is 2.15. The largest absolute Gasteiger partial charge is 0.480 e. The first-order valence-electron chi connectivity index (χ1n) is 5.35. The average Bonchev–Trinajstić information content (AvgIpc) is 2.73. The molecular formula is C10H16N6O2S. The Morgan fingerprint density at radius 2 is 2.26 bits per heavy atom. The van der Waals surface area contributed by atoms with Crippen molar-refractivity contribution in [2.24, 2.45) is 27.3 Å². The lowest BCUT2D eigenvalue weighted by Gasteiger charge is -2.05. The van der Waals surface area contributed by atoms with E-state index in [-0.39, 0.29) is 12.4 Å². The second-order valence-corrected chi connectivity index (χ2v) is 4.66. The normalized spacial score (nSPS) is 14.2. The molecule has 1 unspecified atom stereocenters. The molecule has 0 bridgehead atoms. The van der Waals surface area contributed by atoms with Gasteiger partial charge in [0.2, 0.25) is 5.96 Å². The summed E-state index contributed by atoms with van der Waals surface area (Å²) in [6.45, 7) is 1.60. The van der Waals surface area contributed by atoms with Gasteiger partial charge < -0.3 is 22.3 Å². The molecule has 0 saturated heterocycles. The topological polar surface area (TPSA) is 152 Å². The van der Waals surface area contributed by atoms with Crippen molar-refractivity contribution in [2.75, 3.05) is 0 Å². The number of carbonyl (C=O) groups is 1. The van der Waals surface area contributed by atoms with Gasteiger partial charge in [-0.2, -0.15) is 5.10 Å². The van der Waals surface area contributed by atoms with Gasteiger partial charge in [0, 0.05) is 6.42 Å². The third-order valence-corrected chi connectivity index (χ3v) is 2.90. The molecule has 0 aliphatic carbocycles. The molecule has 9 heteroatoms. The number of carboxylic acids is 1. The van der Waals surface area contributed by atoms with E-state index in [2.05, 4.69) is 15.5 Å². The zero-order valence-corrected chi connectivity index (χ0v) is 11.1. The maximum absolute atomic E-state index is 10.7. The number of nitrogens with zero attached hydrogens (tertiary/aromatic N) is 2. The SMILES string of the molecule is C/C(N)=N/N/C(N)=N\c1sccc1CC(N)C(=O)O. The third-order valence-electron chi connectivity index (χ3n) is 2.05. The van der Waals surface area contributed by atoms with Crippen LogP contribution in [0.4, 0.5) is 5.00 Å². The van der Waals surface area contributed by atoms with Crippen LogP contribution in [0.2, 0.25) is 0 Å². The fourth-order valence-electron chi connectivity index (χ4n) is 1.19. The molecule has 0 aliphatic heterocycles. The van der Waals surface area contributed by atoms with Crippen molar-refractivity contribution in [3.63, 3.8) is 0 Å². The van der Waals surface area contributed by atoms with E-state index in [9.17, 15) is 4.79 Å². The van der Waals surface area contributed by atoms with Gasteiger partial charge in [0.1, 0.15) is 16.9 Å². The van der Waals surface area contributed by atoms with Crippen LogP contribution < -0.4 is 22.6 Å². The van der Waals surface area contributed by atoms with E-state index in [0.717, 1.165) is 5.56 Å². The molecule has 0 aliphatic rings.